The summed E-state index contributed by atoms with van der Waals surface area (Å²) in [6.45, 7) is 5.36. The Hall–Kier alpha value is -1.57. The summed E-state index contributed by atoms with van der Waals surface area (Å²) in [5.41, 5.74) is 4.74. The van der Waals surface area contributed by atoms with Crippen LogP contribution in [0, 0.1) is 5.41 Å². The fraction of sp³-hybridized carbons (Fsp3) is 0.500. The minimum absolute atomic E-state index is 0.0660. The van der Waals surface area contributed by atoms with E-state index in [1.807, 2.05) is 13.8 Å². The smallest absolute Gasteiger partial charge is 0.194 e. The van der Waals surface area contributed by atoms with Crippen LogP contribution in [0.4, 0.5) is 0 Å². The number of ketones is 1. The highest BCUT2D eigenvalue weighted by Crippen LogP contribution is 2.04. The molecule has 92 valence electrons. The van der Waals surface area contributed by atoms with Crippen LogP contribution in [0.3, 0.4) is 0 Å². The van der Waals surface area contributed by atoms with Gasteiger partial charge in [-0.15, -0.1) is 0 Å². The summed E-state index contributed by atoms with van der Waals surface area (Å²) in [6.07, 6.45) is 0. The summed E-state index contributed by atoms with van der Waals surface area (Å²) < 4.78 is 0. The Morgan fingerprint density at radius 3 is 2.19 bits per heavy atom. The summed E-state index contributed by atoms with van der Waals surface area (Å²) in [5.74, 6) is -0.540. The molecule has 8 heteroatoms. The van der Waals surface area contributed by atoms with Gasteiger partial charge in [0, 0.05) is 0 Å². The Labute approximate surface area is 97.9 Å². The van der Waals surface area contributed by atoms with E-state index in [1.165, 1.54) is 6.92 Å². The van der Waals surface area contributed by atoms with Crippen LogP contribution < -0.4 is 5.73 Å². The maximum absolute atomic E-state index is 10.6. The Kier molecular flexibility index (Phi) is 10.5. The standard InChI is InChI=1S/C6H10N4O3S.C2H6/c1-3(11)2-14-6(8)4(9-12)5(7)10-13;1-2/h8,12-13H,2H2,1H3,(H2,7,10);1-2H3/b8-6?,9-4-;. The van der Waals surface area contributed by atoms with Crippen LogP contribution in [0.25, 0.3) is 0 Å². The van der Waals surface area contributed by atoms with Crippen LogP contribution in [0.5, 0.6) is 0 Å². The molecule has 0 aromatic carbocycles. The number of nitrogens with one attached hydrogen (secondary N) is 1. The molecule has 0 aromatic heterocycles. The van der Waals surface area contributed by atoms with E-state index in [1.54, 1.807) is 0 Å². The van der Waals surface area contributed by atoms with Crippen LogP contribution in [0.1, 0.15) is 20.8 Å². The van der Waals surface area contributed by atoms with Crippen molar-refractivity contribution in [1.82, 2.24) is 0 Å². The number of amidine groups is 1. The number of oxime groups is 2. The highest BCUT2D eigenvalue weighted by molar-refractivity contribution is 8.16. The lowest BCUT2D eigenvalue weighted by atomic mass is 10.4. The minimum atomic E-state index is -0.478. The Bertz CT molecular complexity index is 302. The first-order valence-corrected chi connectivity index (χ1v) is 5.42. The summed E-state index contributed by atoms with van der Waals surface area (Å²) >= 11 is 0.832. The molecule has 0 saturated carbocycles. The minimum Gasteiger partial charge on any atom is -0.410 e. The number of nitrogens with two attached hydrogens (primary N) is 1. The van der Waals surface area contributed by atoms with E-state index in [9.17, 15) is 4.79 Å². The third kappa shape index (κ3) is 6.82. The molecule has 0 saturated heterocycles. The second-order valence-electron chi connectivity index (χ2n) is 2.25. The zero-order valence-corrected chi connectivity index (χ0v) is 10.2. The van der Waals surface area contributed by atoms with E-state index in [0.717, 1.165) is 11.8 Å². The van der Waals surface area contributed by atoms with Crippen LogP contribution in [-0.4, -0.2) is 38.5 Å². The monoisotopic (exact) mass is 248 g/mol. The van der Waals surface area contributed by atoms with Gasteiger partial charge in [0.2, 0.25) is 0 Å². The molecule has 0 spiro atoms. The van der Waals surface area contributed by atoms with E-state index >= 15 is 0 Å². The molecule has 0 rings (SSSR count). The fourth-order valence-electron chi connectivity index (χ4n) is 0.502. The first kappa shape index (κ1) is 16.8. The van der Waals surface area contributed by atoms with Crippen molar-refractivity contribution in [3.05, 3.63) is 0 Å². The van der Waals surface area contributed by atoms with Gasteiger partial charge in [0.1, 0.15) is 10.8 Å². The zero-order valence-electron chi connectivity index (χ0n) is 9.39. The molecule has 0 atom stereocenters. The van der Waals surface area contributed by atoms with Crippen LogP contribution in [-0.2, 0) is 4.79 Å². The summed E-state index contributed by atoms with van der Waals surface area (Å²) in [7, 11) is 0. The number of thioether (sulfide) groups is 1. The largest absolute Gasteiger partial charge is 0.410 e. The average Bonchev–Trinajstić information content (AvgIpc) is 2.29. The predicted molar refractivity (Wildman–Crippen MR) is 64.8 cm³/mol. The van der Waals surface area contributed by atoms with Crippen molar-refractivity contribution in [3.63, 3.8) is 0 Å². The summed E-state index contributed by atoms with van der Waals surface area (Å²) in [5, 5.41) is 29.0. The van der Waals surface area contributed by atoms with E-state index in [-0.39, 0.29) is 22.3 Å². The molecule has 5 N–H and O–H groups in total. The van der Waals surface area contributed by atoms with E-state index < -0.39 is 5.84 Å². The Balaban J connectivity index is 0. The van der Waals surface area contributed by atoms with Crippen molar-refractivity contribution < 1.29 is 15.2 Å². The first-order valence-electron chi connectivity index (χ1n) is 4.44. The summed E-state index contributed by atoms with van der Waals surface area (Å²) in [6, 6.07) is 0. The first-order chi connectivity index (χ1) is 7.52. The van der Waals surface area contributed by atoms with Crippen molar-refractivity contribution in [1.29, 1.82) is 5.41 Å². The van der Waals surface area contributed by atoms with Crippen molar-refractivity contribution in [2.24, 2.45) is 16.0 Å². The topological polar surface area (TPSA) is 132 Å². The van der Waals surface area contributed by atoms with Gasteiger partial charge in [-0.05, 0) is 6.92 Å². The average molecular weight is 248 g/mol. The highest BCUT2D eigenvalue weighted by atomic mass is 32.2. The number of rotatable bonds is 4. The molecular formula is C8H16N4O3S. The van der Waals surface area contributed by atoms with Gasteiger partial charge >= 0.3 is 0 Å². The van der Waals surface area contributed by atoms with Gasteiger partial charge in [0.25, 0.3) is 0 Å². The number of carbonyl (C=O) groups excluding carboxylic acids is 1. The highest BCUT2D eigenvalue weighted by Gasteiger charge is 2.14. The van der Waals surface area contributed by atoms with E-state index in [0.29, 0.717) is 0 Å². The van der Waals surface area contributed by atoms with Crippen molar-refractivity contribution in [3.8, 4) is 0 Å². The molecule has 0 aliphatic heterocycles. The second-order valence-corrected chi connectivity index (χ2v) is 3.24. The van der Waals surface area contributed by atoms with Gasteiger partial charge in [-0.3, -0.25) is 10.2 Å². The normalized spacial score (nSPS) is 11.4. The third-order valence-corrected chi connectivity index (χ3v) is 2.12. The van der Waals surface area contributed by atoms with E-state index in [4.69, 9.17) is 21.6 Å². The number of hydrogen-bond donors (Lipinski definition) is 4. The van der Waals surface area contributed by atoms with Gasteiger partial charge in [0.05, 0.1) is 5.75 Å². The predicted octanol–water partition coefficient (Wildman–Crippen LogP) is 0.889. The quantitative estimate of drug-likeness (QED) is 0.254. The van der Waals surface area contributed by atoms with Gasteiger partial charge in [-0.1, -0.05) is 35.9 Å². The number of hydrogen-bond acceptors (Lipinski definition) is 7. The number of nitrogens with zero attached hydrogens (tertiary/aromatic N) is 2. The molecule has 16 heavy (non-hydrogen) atoms. The molecular weight excluding hydrogens is 232 g/mol. The molecule has 0 aromatic rings. The molecule has 0 bridgehead atoms. The van der Waals surface area contributed by atoms with Crippen LogP contribution in [0.2, 0.25) is 0 Å². The Morgan fingerprint density at radius 2 is 1.88 bits per heavy atom. The zero-order chi connectivity index (χ0) is 13.1. The maximum atomic E-state index is 10.6. The molecule has 0 radical (unpaired) electrons. The molecule has 0 aliphatic rings. The van der Waals surface area contributed by atoms with Gasteiger partial charge < -0.3 is 16.1 Å². The van der Waals surface area contributed by atoms with E-state index in [2.05, 4.69) is 10.3 Å². The van der Waals surface area contributed by atoms with Crippen molar-refractivity contribution in [2.75, 3.05) is 5.75 Å². The second kappa shape index (κ2) is 9.97. The molecule has 0 fully saturated rings. The Morgan fingerprint density at radius 1 is 1.38 bits per heavy atom. The molecule has 7 nitrogen and oxygen atoms in total. The number of Topliss-reactive ketones (excluding diaryl/α,β-unsaturated/α-hetero) is 1. The van der Waals surface area contributed by atoms with Crippen molar-refractivity contribution in [2.45, 2.75) is 20.8 Å². The molecule has 0 amide bonds. The molecule has 0 heterocycles. The van der Waals surface area contributed by atoms with Gasteiger partial charge in [0.15, 0.2) is 11.5 Å². The van der Waals surface area contributed by atoms with Gasteiger partial charge in [-0.2, -0.15) is 0 Å². The SMILES string of the molecule is CC.CC(=O)CSC(=N)C(=N\O)/C(N)=N/O. The maximum Gasteiger partial charge on any atom is 0.194 e. The lowest BCUT2D eigenvalue weighted by Gasteiger charge is -2.02. The third-order valence-electron chi connectivity index (χ3n) is 1.09. The fourth-order valence-corrected chi connectivity index (χ4v) is 1.13. The lowest BCUT2D eigenvalue weighted by molar-refractivity contribution is -0.114. The van der Waals surface area contributed by atoms with Crippen LogP contribution >= 0.6 is 11.8 Å². The van der Waals surface area contributed by atoms with Gasteiger partial charge in [-0.25, -0.2) is 0 Å². The molecule has 0 aliphatic carbocycles. The van der Waals surface area contributed by atoms with Crippen molar-refractivity contribution >= 4 is 34.1 Å². The molecule has 0 unspecified atom stereocenters. The lowest BCUT2D eigenvalue weighted by Crippen LogP contribution is -2.29. The number of carbonyl (C=O) groups is 1. The van der Waals surface area contributed by atoms with Crippen LogP contribution in [0.15, 0.2) is 10.3 Å². The summed E-state index contributed by atoms with van der Waals surface area (Å²) in [4.78, 5) is 10.6.